The van der Waals surface area contributed by atoms with Crippen LogP contribution in [0.5, 0.6) is 0 Å². The molecule has 0 fully saturated rings. The molecule has 2 N–H and O–H groups in total. The molecule has 142 valence electrons. The predicted molar refractivity (Wildman–Crippen MR) is 103 cm³/mol. The first-order chi connectivity index (χ1) is 12.8. The summed E-state index contributed by atoms with van der Waals surface area (Å²) >= 11 is 0. The van der Waals surface area contributed by atoms with Crippen LogP contribution in [0.2, 0.25) is 0 Å². The molecule has 1 aromatic carbocycles. The molecule has 0 spiro atoms. The molecule has 2 aromatic heterocycles. The largest absolute Gasteiger partial charge is 0.367 e. The van der Waals surface area contributed by atoms with Gasteiger partial charge in [-0.05, 0) is 50.6 Å². The number of aromatic nitrogens is 4. The Kier molecular flexibility index (Phi) is 5.52. The fraction of sp³-hybridized carbons (Fsp3) is 0.278. The molecule has 3 aromatic rings. The van der Waals surface area contributed by atoms with E-state index in [9.17, 15) is 8.42 Å². The Morgan fingerprint density at radius 3 is 2.44 bits per heavy atom. The molecular formula is C18H22N6O2S. The number of aryl methyl sites for hydroxylation is 3. The number of nitrogens with one attached hydrogen (secondary N) is 2. The monoisotopic (exact) mass is 386 g/mol. The molecule has 0 aliphatic carbocycles. The van der Waals surface area contributed by atoms with Crippen molar-refractivity contribution in [3.63, 3.8) is 0 Å². The van der Waals surface area contributed by atoms with Crippen LogP contribution in [0.1, 0.15) is 16.8 Å². The van der Waals surface area contributed by atoms with Crippen molar-refractivity contribution in [2.45, 2.75) is 25.7 Å². The SMILES string of the molecule is Cc1ccc(S(=O)(=O)NCCNc2ccc(-n3ccc(C)n3)nn2)c(C)c1. The number of sulfonamides is 1. The van der Waals surface area contributed by atoms with Crippen LogP contribution in [-0.2, 0) is 10.0 Å². The lowest BCUT2D eigenvalue weighted by molar-refractivity contribution is 0.582. The maximum absolute atomic E-state index is 12.4. The van der Waals surface area contributed by atoms with E-state index in [0.717, 1.165) is 16.8 Å². The summed E-state index contributed by atoms with van der Waals surface area (Å²) in [5.74, 6) is 1.18. The summed E-state index contributed by atoms with van der Waals surface area (Å²) in [7, 11) is -3.54. The molecule has 0 amide bonds. The van der Waals surface area contributed by atoms with E-state index >= 15 is 0 Å². The molecule has 8 nitrogen and oxygen atoms in total. The van der Waals surface area contributed by atoms with Crippen LogP contribution in [0.15, 0.2) is 47.5 Å². The van der Waals surface area contributed by atoms with Crippen LogP contribution in [0, 0.1) is 20.8 Å². The Morgan fingerprint density at radius 2 is 1.81 bits per heavy atom. The van der Waals surface area contributed by atoms with Crippen LogP contribution >= 0.6 is 0 Å². The summed E-state index contributed by atoms with van der Waals surface area (Å²) in [6, 6.07) is 10.7. The van der Waals surface area contributed by atoms with E-state index in [-0.39, 0.29) is 6.54 Å². The van der Waals surface area contributed by atoms with Gasteiger partial charge in [0.05, 0.1) is 10.6 Å². The van der Waals surface area contributed by atoms with Crippen molar-refractivity contribution in [1.82, 2.24) is 24.7 Å². The van der Waals surface area contributed by atoms with E-state index in [0.29, 0.717) is 23.1 Å². The van der Waals surface area contributed by atoms with Crippen molar-refractivity contribution >= 4 is 15.8 Å². The molecule has 0 atom stereocenters. The lowest BCUT2D eigenvalue weighted by Crippen LogP contribution is -2.29. The van der Waals surface area contributed by atoms with Gasteiger partial charge in [-0.15, -0.1) is 10.2 Å². The average molecular weight is 386 g/mol. The summed E-state index contributed by atoms with van der Waals surface area (Å²) in [5.41, 5.74) is 2.65. The van der Waals surface area contributed by atoms with Gasteiger partial charge in [0.15, 0.2) is 5.82 Å². The number of hydrogen-bond donors (Lipinski definition) is 2. The highest BCUT2D eigenvalue weighted by Crippen LogP contribution is 2.16. The topological polar surface area (TPSA) is 102 Å². The van der Waals surface area contributed by atoms with Gasteiger partial charge in [-0.25, -0.2) is 17.8 Å². The van der Waals surface area contributed by atoms with Gasteiger partial charge in [-0.1, -0.05) is 17.7 Å². The molecule has 0 aliphatic rings. The Morgan fingerprint density at radius 1 is 1.00 bits per heavy atom. The zero-order valence-corrected chi connectivity index (χ0v) is 16.3. The second kappa shape index (κ2) is 7.85. The normalized spacial score (nSPS) is 11.5. The van der Waals surface area contributed by atoms with E-state index in [1.807, 2.05) is 32.2 Å². The Labute approximate surface area is 158 Å². The molecule has 3 rings (SSSR count). The fourth-order valence-corrected chi connectivity index (χ4v) is 3.90. The van der Waals surface area contributed by atoms with Crippen LogP contribution in [-0.4, -0.2) is 41.5 Å². The first-order valence-electron chi connectivity index (χ1n) is 8.52. The van der Waals surface area contributed by atoms with Gasteiger partial charge in [0.2, 0.25) is 10.0 Å². The zero-order valence-electron chi connectivity index (χ0n) is 15.5. The van der Waals surface area contributed by atoms with Crippen molar-refractivity contribution in [2.75, 3.05) is 18.4 Å². The minimum absolute atomic E-state index is 0.234. The smallest absolute Gasteiger partial charge is 0.240 e. The van der Waals surface area contributed by atoms with Crippen molar-refractivity contribution in [1.29, 1.82) is 0 Å². The summed E-state index contributed by atoms with van der Waals surface area (Å²) in [5, 5.41) is 15.5. The quantitative estimate of drug-likeness (QED) is 0.602. The van der Waals surface area contributed by atoms with E-state index in [1.54, 1.807) is 35.9 Å². The average Bonchev–Trinajstić information content (AvgIpc) is 3.05. The lowest BCUT2D eigenvalue weighted by atomic mass is 10.2. The highest BCUT2D eigenvalue weighted by Gasteiger charge is 2.15. The van der Waals surface area contributed by atoms with E-state index in [1.165, 1.54) is 0 Å². The number of rotatable bonds is 7. The van der Waals surface area contributed by atoms with E-state index in [2.05, 4.69) is 25.3 Å². The highest BCUT2D eigenvalue weighted by molar-refractivity contribution is 7.89. The molecule has 9 heteroatoms. The molecule has 27 heavy (non-hydrogen) atoms. The summed E-state index contributed by atoms with van der Waals surface area (Å²) < 4.78 is 29.0. The molecule has 0 unspecified atom stereocenters. The third-order valence-corrected chi connectivity index (χ3v) is 5.57. The van der Waals surface area contributed by atoms with Gasteiger partial charge in [0.1, 0.15) is 5.82 Å². The van der Waals surface area contributed by atoms with E-state index in [4.69, 9.17) is 0 Å². The van der Waals surface area contributed by atoms with Gasteiger partial charge in [0.25, 0.3) is 0 Å². The fourth-order valence-electron chi connectivity index (χ4n) is 2.64. The van der Waals surface area contributed by atoms with Crippen molar-refractivity contribution in [3.8, 4) is 5.82 Å². The van der Waals surface area contributed by atoms with Crippen molar-refractivity contribution in [2.24, 2.45) is 0 Å². The van der Waals surface area contributed by atoms with Gasteiger partial charge in [0, 0.05) is 19.3 Å². The maximum Gasteiger partial charge on any atom is 0.240 e. The van der Waals surface area contributed by atoms with Gasteiger partial charge in [-0.2, -0.15) is 5.10 Å². The zero-order chi connectivity index (χ0) is 19.4. The van der Waals surface area contributed by atoms with Gasteiger partial charge >= 0.3 is 0 Å². The molecule has 2 heterocycles. The minimum Gasteiger partial charge on any atom is -0.367 e. The molecule has 0 bridgehead atoms. The Hall–Kier alpha value is -2.78. The van der Waals surface area contributed by atoms with E-state index < -0.39 is 10.0 Å². The lowest BCUT2D eigenvalue weighted by Gasteiger charge is -2.10. The van der Waals surface area contributed by atoms with Gasteiger partial charge < -0.3 is 5.32 Å². The number of benzene rings is 1. The van der Waals surface area contributed by atoms with Gasteiger partial charge in [-0.3, -0.25) is 0 Å². The molecular weight excluding hydrogens is 364 g/mol. The molecule has 0 aliphatic heterocycles. The standard InChI is InChI=1S/C18H22N6O2S/c1-13-4-5-16(14(2)12-13)27(25,26)20-10-9-19-17-6-7-18(22-21-17)24-11-8-15(3)23-24/h4-8,11-12,20H,9-10H2,1-3H3,(H,19,21). The first kappa shape index (κ1) is 19.0. The van der Waals surface area contributed by atoms with Crippen LogP contribution in [0.4, 0.5) is 5.82 Å². The number of nitrogens with zero attached hydrogens (tertiary/aromatic N) is 4. The minimum atomic E-state index is -3.54. The summed E-state index contributed by atoms with van der Waals surface area (Å²) in [4.78, 5) is 0.298. The molecule has 0 radical (unpaired) electrons. The first-order valence-corrected chi connectivity index (χ1v) is 10.0. The number of anilines is 1. The molecule has 0 saturated heterocycles. The third kappa shape index (κ3) is 4.69. The van der Waals surface area contributed by atoms with Crippen LogP contribution < -0.4 is 10.0 Å². The van der Waals surface area contributed by atoms with Crippen LogP contribution in [0.3, 0.4) is 0 Å². The summed E-state index contributed by atoms with van der Waals surface area (Å²) in [6.07, 6.45) is 1.81. The highest BCUT2D eigenvalue weighted by atomic mass is 32.2. The van der Waals surface area contributed by atoms with Crippen molar-refractivity contribution < 1.29 is 8.42 Å². The maximum atomic E-state index is 12.4. The Bertz CT molecular complexity index is 1030. The third-order valence-electron chi connectivity index (χ3n) is 3.95. The van der Waals surface area contributed by atoms with Crippen molar-refractivity contribution in [3.05, 3.63) is 59.4 Å². The predicted octanol–water partition coefficient (Wildman–Crippen LogP) is 1.98. The Balaban J connectivity index is 1.54. The number of hydrogen-bond acceptors (Lipinski definition) is 6. The second-order valence-electron chi connectivity index (χ2n) is 6.27. The van der Waals surface area contributed by atoms with Crippen LogP contribution in [0.25, 0.3) is 5.82 Å². The second-order valence-corrected chi connectivity index (χ2v) is 8.01. The summed E-state index contributed by atoms with van der Waals surface area (Å²) in [6.45, 7) is 6.24. The molecule has 0 saturated carbocycles.